The second-order valence-electron chi connectivity index (χ2n) is 5.64. The minimum absolute atomic E-state index is 0.0341. The Balaban J connectivity index is 2.28. The summed E-state index contributed by atoms with van der Waals surface area (Å²) in [5.74, 6) is -0.248. The van der Waals surface area contributed by atoms with Gasteiger partial charge in [-0.05, 0) is 24.3 Å². The molecular weight excluding hydrogens is 350 g/mol. The van der Waals surface area contributed by atoms with Gasteiger partial charge in [0, 0.05) is 22.5 Å². The van der Waals surface area contributed by atoms with Crippen molar-refractivity contribution in [3.8, 4) is 17.2 Å². The molecule has 1 N–H and O–H groups in total. The zero-order valence-corrected chi connectivity index (χ0v) is 15.0. The van der Waals surface area contributed by atoms with Gasteiger partial charge >= 0.3 is 5.97 Å². The number of hydrogen-bond acceptors (Lipinski definition) is 6. The number of hydrogen-bond donors (Lipinski definition) is 1. The summed E-state index contributed by atoms with van der Waals surface area (Å²) in [5, 5.41) is 10.2. The van der Waals surface area contributed by atoms with Gasteiger partial charge < -0.3 is 19.3 Å². The monoisotopic (exact) mass is 367 g/mol. The van der Waals surface area contributed by atoms with E-state index in [9.17, 15) is 14.7 Å². The average Bonchev–Trinajstić information content (AvgIpc) is 2.71. The quantitative estimate of drug-likeness (QED) is 0.669. The smallest absolute Gasteiger partial charge is 0.337 e. The Labute approximate surface area is 155 Å². The Bertz CT molecular complexity index is 1040. The summed E-state index contributed by atoms with van der Waals surface area (Å²) in [6.07, 6.45) is 1.17. The standard InChI is InChI=1S/C20H17NO6/c1-25-12-6-4-5-11(7-12)19(22)18-14-9-17(27-3)16(26-2)8-13(14)15(10-21-18)20(23)24/h4-10H,1-3H3,(H,23,24). The van der Waals surface area contributed by atoms with Crippen LogP contribution in [0.3, 0.4) is 0 Å². The van der Waals surface area contributed by atoms with Crippen LogP contribution in [0, 0.1) is 0 Å². The molecule has 0 amide bonds. The first-order valence-corrected chi connectivity index (χ1v) is 7.97. The number of carbonyl (C=O) groups is 2. The third-order valence-corrected chi connectivity index (χ3v) is 4.17. The molecule has 0 aliphatic carbocycles. The zero-order valence-electron chi connectivity index (χ0n) is 15.0. The molecule has 0 aliphatic heterocycles. The van der Waals surface area contributed by atoms with E-state index in [1.165, 1.54) is 33.6 Å². The number of aromatic nitrogens is 1. The van der Waals surface area contributed by atoms with E-state index in [0.29, 0.717) is 33.6 Å². The lowest BCUT2D eigenvalue weighted by Crippen LogP contribution is -2.09. The van der Waals surface area contributed by atoms with E-state index in [4.69, 9.17) is 14.2 Å². The molecule has 0 unspecified atom stereocenters. The molecule has 0 aliphatic rings. The molecule has 7 nitrogen and oxygen atoms in total. The van der Waals surface area contributed by atoms with Gasteiger partial charge in [0.05, 0.1) is 26.9 Å². The molecule has 27 heavy (non-hydrogen) atoms. The highest BCUT2D eigenvalue weighted by Gasteiger charge is 2.21. The van der Waals surface area contributed by atoms with E-state index in [0.717, 1.165) is 0 Å². The van der Waals surface area contributed by atoms with Crippen molar-refractivity contribution in [1.82, 2.24) is 4.98 Å². The van der Waals surface area contributed by atoms with Crippen LogP contribution in [0.4, 0.5) is 0 Å². The van der Waals surface area contributed by atoms with Gasteiger partial charge in [-0.15, -0.1) is 0 Å². The van der Waals surface area contributed by atoms with Crippen molar-refractivity contribution in [2.45, 2.75) is 0 Å². The Hall–Kier alpha value is -3.61. The molecule has 1 aromatic heterocycles. The van der Waals surface area contributed by atoms with Gasteiger partial charge in [-0.1, -0.05) is 12.1 Å². The van der Waals surface area contributed by atoms with Crippen LogP contribution in [0.2, 0.25) is 0 Å². The van der Waals surface area contributed by atoms with E-state index in [-0.39, 0.29) is 17.0 Å². The summed E-state index contributed by atoms with van der Waals surface area (Å²) in [5.41, 5.74) is 0.457. The topological polar surface area (TPSA) is 95.0 Å². The molecule has 7 heteroatoms. The number of fused-ring (bicyclic) bond motifs is 1. The SMILES string of the molecule is COc1cccc(C(=O)c2ncc(C(=O)O)c3cc(OC)c(OC)cc23)c1. The van der Waals surface area contributed by atoms with Crippen LogP contribution >= 0.6 is 0 Å². The number of carboxylic acids is 1. The van der Waals surface area contributed by atoms with Crippen LogP contribution in [-0.4, -0.2) is 43.2 Å². The second kappa shape index (κ2) is 7.33. The zero-order chi connectivity index (χ0) is 19.6. The number of ketones is 1. The molecule has 0 atom stereocenters. The number of methoxy groups -OCH3 is 3. The first-order chi connectivity index (χ1) is 13.0. The minimum Gasteiger partial charge on any atom is -0.497 e. The third-order valence-electron chi connectivity index (χ3n) is 4.17. The largest absolute Gasteiger partial charge is 0.497 e. The Kier molecular flexibility index (Phi) is 4.94. The van der Waals surface area contributed by atoms with E-state index in [1.807, 2.05) is 0 Å². The predicted molar refractivity (Wildman–Crippen MR) is 98.2 cm³/mol. The van der Waals surface area contributed by atoms with Crippen molar-refractivity contribution in [1.29, 1.82) is 0 Å². The fourth-order valence-electron chi connectivity index (χ4n) is 2.82. The number of ether oxygens (including phenoxy) is 3. The predicted octanol–water partition coefficient (Wildman–Crippen LogP) is 3.19. The normalized spacial score (nSPS) is 10.5. The molecule has 3 rings (SSSR count). The molecule has 0 spiro atoms. The van der Waals surface area contributed by atoms with E-state index in [1.54, 1.807) is 30.3 Å². The molecule has 138 valence electrons. The molecule has 3 aromatic rings. The lowest BCUT2D eigenvalue weighted by Gasteiger charge is -2.13. The number of nitrogens with zero attached hydrogens (tertiary/aromatic N) is 1. The molecule has 0 fully saturated rings. The number of rotatable bonds is 6. The van der Waals surface area contributed by atoms with Gasteiger partial charge in [0.15, 0.2) is 11.5 Å². The summed E-state index contributed by atoms with van der Waals surface area (Å²) < 4.78 is 15.7. The number of pyridine rings is 1. The third kappa shape index (κ3) is 3.27. The van der Waals surface area contributed by atoms with Crippen molar-refractivity contribution in [3.63, 3.8) is 0 Å². The summed E-state index contributed by atoms with van der Waals surface area (Å²) >= 11 is 0. The van der Waals surface area contributed by atoms with Crippen LogP contribution in [0.15, 0.2) is 42.6 Å². The van der Waals surface area contributed by atoms with Gasteiger partial charge in [-0.3, -0.25) is 9.78 Å². The number of carboxylic acid groups (broad SMARTS) is 1. The maximum Gasteiger partial charge on any atom is 0.337 e. The first kappa shape index (κ1) is 18.2. The maximum atomic E-state index is 13.0. The molecule has 0 bridgehead atoms. The van der Waals surface area contributed by atoms with Gasteiger partial charge in [0.2, 0.25) is 5.78 Å². The fraction of sp³-hybridized carbons (Fsp3) is 0.150. The van der Waals surface area contributed by atoms with Crippen molar-refractivity contribution < 1.29 is 28.9 Å². The summed E-state index contributed by atoms with van der Waals surface area (Å²) in [6.45, 7) is 0. The van der Waals surface area contributed by atoms with Crippen molar-refractivity contribution >= 4 is 22.5 Å². The highest BCUT2D eigenvalue weighted by atomic mass is 16.5. The first-order valence-electron chi connectivity index (χ1n) is 7.97. The maximum absolute atomic E-state index is 13.0. The van der Waals surface area contributed by atoms with E-state index < -0.39 is 5.97 Å². The average molecular weight is 367 g/mol. The minimum atomic E-state index is -1.15. The molecule has 0 saturated heterocycles. The molecule has 1 heterocycles. The van der Waals surface area contributed by atoms with E-state index >= 15 is 0 Å². The highest BCUT2D eigenvalue weighted by Crippen LogP contribution is 2.35. The van der Waals surface area contributed by atoms with Gasteiger partial charge in [0.1, 0.15) is 11.4 Å². The Morgan fingerprint density at radius 1 is 0.926 bits per heavy atom. The lowest BCUT2D eigenvalue weighted by molar-refractivity contribution is 0.0698. The van der Waals surface area contributed by atoms with Crippen LogP contribution in [0.5, 0.6) is 17.2 Å². The van der Waals surface area contributed by atoms with Crippen LogP contribution < -0.4 is 14.2 Å². The van der Waals surface area contributed by atoms with Crippen molar-refractivity contribution in [2.24, 2.45) is 0 Å². The summed E-state index contributed by atoms with van der Waals surface area (Å²) in [4.78, 5) is 28.7. The van der Waals surface area contributed by atoms with Crippen LogP contribution in [0.25, 0.3) is 10.8 Å². The molecule has 2 aromatic carbocycles. The lowest BCUT2D eigenvalue weighted by atomic mass is 9.99. The summed E-state index contributed by atoms with van der Waals surface area (Å²) in [7, 11) is 4.42. The van der Waals surface area contributed by atoms with Crippen LogP contribution in [0.1, 0.15) is 26.4 Å². The molecular formula is C20H17NO6. The summed E-state index contributed by atoms with van der Waals surface area (Å²) in [6, 6.07) is 9.75. The Morgan fingerprint density at radius 2 is 1.59 bits per heavy atom. The highest BCUT2D eigenvalue weighted by molar-refractivity contribution is 6.18. The molecule has 0 radical (unpaired) electrons. The van der Waals surface area contributed by atoms with Gasteiger partial charge in [0.25, 0.3) is 0 Å². The van der Waals surface area contributed by atoms with E-state index in [2.05, 4.69) is 4.98 Å². The van der Waals surface area contributed by atoms with Gasteiger partial charge in [-0.2, -0.15) is 0 Å². The second-order valence-corrected chi connectivity index (χ2v) is 5.64. The Morgan fingerprint density at radius 3 is 2.19 bits per heavy atom. The van der Waals surface area contributed by atoms with Crippen LogP contribution in [-0.2, 0) is 0 Å². The van der Waals surface area contributed by atoms with Gasteiger partial charge in [-0.25, -0.2) is 4.79 Å². The fourth-order valence-corrected chi connectivity index (χ4v) is 2.82. The van der Waals surface area contributed by atoms with Crippen molar-refractivity contribution in [3.05, 3.63) is 59.4 Å². The number of aromatic carboxylic acids is 1. The van der Waals surface area contributed by atoms with Crippen molar-refractivity contribution in [2.75, 3.05) is 21.3 Å². The number of benzene rings is 2. The number of carbonyl (C=O) groups excluding carboxylic acids is 1. The molecule has 0 saturated carbocycles.